The lowest BCUT2D eigenvalue weighted by molar-refractivity contribution is -0.343. The first-order chi connectivity index (χ1) is 20.3. The second-order valence-electron chi connectivity index (χ2n) is 11.4. The molecule has 0 saturated carbocycles. The van der Waals surface area contributed by atoms with E-state index in [1.165, 1.54) is 13.0 Å². The van der Waals surface area contributed by atoms with Crippen molar-refractivity contribution in [1.82, 2.24) is 5.32 Å². The van der Waals surface area contributed by atoms with Crippen molar-refractivity contribution in [2.24, 2.45) is 0 Å². The molecule has 43 heavy (non-hydrogen) atoms. The lowest BCUT2D eigenvalue weighted by Crippen LogP contribution is -2.70. The van der Waals surface area contributed by atoms with E-state index in [0.29, 0.717) is 0 Å². The third-order valence-corrected chi connectivity index (χ3v) is 8.68. The molecule has 4 aliphatic rings. The molecule has 3 heterocycles. The minimum atomic E-state index is -1.88. The number of rotatable bonds is 8. The van der Waals surface area contributed by atoms with E-state index in [0.717, 1.165) is 0 Å². The fourth-order valence-corrected chi connectivity index (χ4v) is 6.05. The highest BCUT2D eigenvalue weighted by Gasteiger charge is 2.56. The molecule has 0 spiro atoms. The molecule has 3 fully saturated rings. The van der Waals surface area contributed by atoms with E-state index in [2.05, 4.69) is 5.32 Å². The van der Waals surface area contributed by atoms with E-state index >= 15 is 0 Å². The Hall–Kier alpha value is -0.980. The minimum Gasteiger partial charge on any atom is -0.394 e. The van der Waals surface area contributed by atoms with Gasteiger partial charge in [0.1, 0.15) is 91.6 Å². The van der Waals surface area contributed by atoms with Gasteiger partial charge in [-0.1, -0.05) is 6.08 Å². The molecule has 0 aromatic heterocycles. The van der Waals surface area contributed by atoms with Crippen LogP contribution in [0.1, 0.15) is 6.92 Å². The summed E-state index contributed by atoms with van der Waals surface area (Å²) in [6, 6.07) is -2.16. The maximum atomic E-state index is 10.9. The van der Waals surface area contributed by atoms with Crippen molar-refractivity contribution in [3.8, 4) is 0 Å². The highest BCUT2D eigenvalue weighted by Crippen LogP contribution is 2.34. The van der Waals surface area contributed by atoms with Crippen molar-refractivity contribution in [2.75, 3.05) is 19.8 Å². The SMILES string of the molecule is C[C@H]1O[C@H](O[C@H]2[C@H](O)[C@@H](O)[C@@H]([C@@H]3O[C@@H](CO)[C@@H](O)[C@H](O)[C@H]3O)O[C@@H]2CO)[C@H](O)[C@@H](O)[C@@H]1N[C@H]1C=C(CO)[C@@H](O)[C@H](O)[C@H]1O. The Bertz CT molecular complexity index is 941. The molecule has 0 aromatic rings. The minimum absolute atomic E-state index is 0.0258. The van der Waals surface area contributed by atoms with Crippen molar-refractivity contribution in [3.63, 3.8) is 0 Å². The van der Waals surface area contributed by atoms with Gasteiger partial charge in [-0.15, -0.1) is 0 Å². The molecule has 3 aliphatic heterocycles. The van der Waals surface area contributed by atoms with Crippen LogP contribution in [-0.2, 0) is 18.9 Å². The summed E-state index contributed by atoms with van der Waals surface area (Å²) in [4.78, 5) is 0. The van der Waals surface area contributed by atoms with Gasteiger partial charge in [0, 0.05) is 0 Å². The fourth-order valence-electron chi connectivity index (χ4n) is 6.05. The van der Waals surface area contributed by atoms with Gasteiger partial charge in [-0.3, -0.25) is 0 Å². The monoisotopic (exact) mass is 629 g/mol. The molecule has 1 aliphatic carbocycles. The van der Waals surface area contributed by atoms with Crippen LogP contribution in [0.3, 0.4) is 0 Å². The number of nitrogens with one attached hydrogen (secondary N) is 1. The Morgan fingerprint density at radius 2 is 1.23 bits per heavy atom. The molecule has 3 saturated heterocycles. The summed E-state index contributed by atoms with van der Waals surface area (Å²) >= 11 is 0. The smallest absolute Gasteiger partial charge is 0.187 e. The van der Waals surface area contributed by atoms with Gasteiger partial charge < -0.3 is 90.6 Å². The Kier molecular flexibility index (Phi) is 11.5. The van der Waals surface area contributed by atoms with Gasteiger partial charge >= 0.3 is 0 Å². The first kappa shape index (κ1) is 34.9. The van der Waals surface area contributed by atoms with Crippen molar-refractivity contribution in [3.05, 3.63) is 11.6 Å². The average Bonchev–Trinajstić information content (AvgIpc) is 2.99. The molecule has 4 rings (SSSR count). The largest absolute Gasteiger partial charge is 0.394 e. The van der Waals surface area contributed by atoms with Gasteiger partial charge in [0.2, 0.25) is 0 Å². The molecule has 18 heteroatoms. The van der Waals surface area contributed by atoms with Gasteiger partial charge in [0.05, 0.1) is 38.0 Å². The van der Waals surface area contributed by atoms with E-state index in [1.54, 1.807) is 0 Å². The number of hydrogen-bond donors (Lipinski definition) is 14. The molecule has 0 unspecified atom stereocenters. The predicted molar refractivity (Wildman–Crippen MR) is 137 cm³/mol. The second kappa shape index (κ2) is 14.2. The maximum absolute atomic E-state index is 10.9. The van der Waals surface area contributed by atoms with E-state index in [1.807, 2.05) is 0 Å². The molecule has 0 bridgehead atoms. The topological polar surface area (TPSA) is 312 Å². The van der Waals surface area contributed by atoms with Crippen molar-refractivity contribution < 1.29 is 85.3 Å². The highest BCUT2D eigenvalue weighted by molar-refractivity contribution is 5.22. The first-order valence-electron chi connectivity index (χ1n) is 14.0. The predicted octanol–water partition coefficient (Wildman–Crippen LogP) is -8.50. The summed E-state index contributed by atoms with van der Waals surface area (Å²) in [5, 5.41) is 136. The van der Waals surface area contributed by atoms with Gasteiger partial charge in [0.15, 0.2) is 6.29 Å². The molecule has 18 nitrogen and oxygen atoms in total. The zero-order valence-electron chi connectivity index (χ0n) is 23.1. The van der Waals surface area contributed by atoms with Crippen molar-refractivity contribution in [2.45, 2.75) is 123 Å². The van der Waals surface area contributed by atoms with E-state index < -0.39 is 136 Å². The highest BCUT2D eigenvalue weighted by atomic mass is 16.7. The van der Waals surface area contributed by atoms with Crippen LogP contribution in [0.25, 0.3) is 0 Å². The first-order valence-corrected chi connectivity index (χ1v) is 14.0. The van der Waals surface area contributed by atoms with Gasteiger partial charge in [0.25, 0.3) is 0 Å². The van der Waals surface area contributed by atoms with Gasteiger partial charge in [-0.05, 0) is 12.5 Å². The summed E-state index contributed by atoms with van der Waals surface area (Å²) in [7, 11) is 0. The Morgan fingerprint density at radius 1 is 0.651 bits per heavy atom. The lowest BCUT2D eigenvalue weighted by atomic mass is 9.85. The maximum Gasteiger partial charge on any atom is 0.187 e. The lowest BCUT2D eigenvalue weighted by Gasteiger charge is -2.50. The Labute approximate surface area is 245 Å². The summed E-state index contributed by atoms with van der Waals surface area (Å²) in [6.07, 6.45) is -26.0. The van der Waals surface area contributed by atoms with Crippen LogP contribution in [0.4, 0.5) is 0 Å². The van der Waals surface area contributed by atoms with Crippen LogP contribution in [0.2, 0.25) is 0 Å². The molecule has 0 radical (unpaired) electrons. The number of aliphatic hydroxyl groups is 13. The fraction of sp³-hybridized carbons (Fsp3) is 0.920. The zero-order valence-corrected chi connectivity index (χ0v) is 23.1. The third kappa shape index (κ3) is 6.64. The average molecular weight is 630 g/mol. The number of aliphatic hydroxyl groups excluding tert-OH is 13. The van der Waals surface area contributed by atoms with Crippen molar-refractivity contribution >= 4 is 0 Å². The number of hydrogen-bond acceptors (Lipinski definition) is 18. The van der Waals surface area contributed by atoms with E-state index in [9.17, 15) is 66.4 Å². The van der Waals surface area contributed by atoms with E-state index in [4.69, 9.17) is 18.9 Å². The normalized spacial score (nSPS) is 53.0. The van der Waals surface area contributed by atoms with Gasteiger partial charge in [-0.25, -0.2) is 0 Å². The van der Waals surface area contributed by atoms with Crippen LogP contribution in [0.5, 0.6) is 0 Å². The quantitative estimate of drug-likeness (QED) is 0.111. The second-order valence-corrected chi connectivity index (χ2v) is 11.4. The molecule has 250 valence electrons. The van der Waals surface area contributed by atoms with Crippen LogP contribution >= 0.6 is 0 Å². The molecule has 14 N–H and O–H groups in total. The Morgan fingerprint density at radius 3 is 1.81 bits per heavy atom. The van der Waals surface area contributed by atoms with Crippen LogP contribution in [0, 0.1) is 0 Å². The Balaban J connectivity index is 1.45. The molecule has 19 atom stereocenters. The molecular formula is C25H43NO17. The number of ether oxygens (including phenoxy) is 4. The zero-order chi connectivity index (χ0) is 31.9. The molecule has 0 amide bonds. The van der Waals surface area contributed by atoms with Crippen LogP contribution < -0.4 is 5.32 Å². The molecular weight excluding hydrogens is 586 g/mol. The summed E-state index contributed by atoms with van der Waals surface area (Å²) in [6.45, 7) is -0.708. The van der Waals surface area contributed by atoms with Crippen LogP contribution in [-0.4, -0.2) is 202 Å². The van der Waals surface area contributed by atoms with E-state index in [-0.39, 0.29) is 5.57 Å². The summed E-state index contributed by atoms with van der Waals surface area (Å²) < 4.78 is 22.5. The summed E-state index contributed by atoms with van der Waals surface area (Å²) in [5.41, 5.74) is 0.0258. The third-order valence-electron chi connectivity index (χ3n) is 8.68. The van der Waals surface area contributed by atoms with Crippen LogP contribution in [0.15, 0.2) is 11.6 Å². The van der Waals surface area contributed by atoms with Crippen molar-refractivity contribution in [1.29, 1.82) is 0 Å². The molecule has 0 aromatic carbocycles. The summed E-state index contributed by atoms with van der Waals surface area (Å²) in [5.74, 6) is 0. The standard InChI is InChI=1S/C25H43NO17/c1-6-11(26-8-2-7(3-27)12(30)16(34)13(8)31)15(33)21(39)25(40-6)43-22-10(5-29)42-24(20(38)19(22)37)23-18(36)17(35)14(32)9(4-28)41-23/h2,6,8-39H,3-5H2,1H3/t6-,8+,9+,10-,11-,12-,13+,14-,15+,16+,17+,18-,19-,20-,21-,22-,23-,24+,25-/m1/s1. The van der Waals surface area contributed by atoms with Gasteiger partial charge in [-0.2, -0.15) is 0 Å².